The third-order valence-corrected chi connectivity index (χ3v) is 4.45. The molecule has 1 atom stereocenters. The molecule has 2 aromatic carbocycles. The largest absolute Gasteiger partial charge is 1.00 e. The Hall–Kier alpha value is -2.93. The molecule has 1 aromatic heterocycles. The van der Waals surface area contributed by atoms with Gasteiger partial charge in [0.05, 0.1) is 11.8 Å². The summed E-state index contributed by atoms with van der Waals surface area (Å²) < 4.78 is 2.08. The van der Waals surface area contributed by atoms with Crippen LogP contribution in [0.1, 0.15) is 17.5 Å². The van der Waals surface area contributed by atoms with Crippen LogP contribution in [0.15, 0.2) is 60.8 Å². The fourth-order valence-electron chi connectivity index (χ4n) is 2.90. The van der Waals surface area contributed by atoms with Crippen molar-refractivity contribution in [3.05, 3.63) is 71.9 Å². The van der Waals surface area contributed by atoms with E-state index in [1.54, 1.807) is 12.1 Å². The number of para-hydroxylation sites is 1. The first-order valence-corrected chi connectivity index (χ1v) is 8.88. The average molecular weight is 448 g/mol. The van der Waals surface area contributed by atoms with Gasteiger partial charge in [0, 0.05) is 17.8 Å². The van der Waals surface area contributed by atoms with Gasteiger partial charge in [-0.25, -0.2) is 4.57 Å². The van der Waals surface area contributed by atoms with Gasteiger partial charge >= 0.3 is 5.97 Å². The van der Waals surface area contributed by atoms with E-state index >= 15 is 0 Å². The van der Waals surface area contributed by atoms with Gasteiger partial charge in [-0.05, 0) is 29.3 Å². The predicted octanol–water partition coefficient (Wildman–Crippen LogP) is 0.00100. The molecule has 0 unspecified atom stereocenters. The highest BCUT2D eigenvalue weighted by Gasteiger charge is 2.16. The number of rotatable bonds is 6. The number of carbonyl (C=O) groups excluding carboxylic acids is 1. The number of aromatic nitrogens is 1. The highest BCUT2D eigenvalue weighted by Crippen LogP contribution is 2.18. The van der Waals surface area contributed by atoms with Crippen molar-refractivity contribution < 1.29 is 31.7 Å². The van der Waals surface area contributed by atoms with Gasteiger partial charge in [0.1, 0.15) is 13.1 Å². The summed E-state index contributed by atoms with van der Waals surface area (Å²) in [6, 6.07) is 16.4. The van der Waals surface area contributed by atoms with Gasteiger partial charge in [-0.1, -0.05) is 36.4 Å². The first kappa shape index (κ1) is 25.1. The first-order valence-electron chi connectivity index (χ1n) is 8.88. The number of nitrogens with one attached hydrogen (secondary N) is 1. The summed E-state index contributed by atoms with van der Waals surface area (Å²) in [6.45, 7) is 0. The van der Waals surface area contributed by atoms with Gasteiger partial charge in [-0.2, -0.15) is 0 Å². The average Bonchev–Trinajstić information content (AvgIpc) is 2.68. The normalized spacial score (nSPS) is 11.4. The highest BCUT2D eigenvalue weighted by atomic mass is 35.5. The molecule has 1 heterocycles. The lowest BCUT2D eigenvalue weighted by molar-refractivity contribution is -0.644. The lowest BCUT2D eigenvalue weighted by Gasteiger charge is -2.08. The summed E-state index contributed by atoms with van der Waals surface area (Å²) in [5, 5.41) is 12.6. The van der Waals surface area contributed by atoms with E-state index in [2.05, 4.69) is 34.2 Å². The number of nitrogens with two attached hydrogens (primary N) is 1. The molecule has 8 heteroatoms. The SMILES string of the molecule is C[n+]1ccc(C=Cc2ccc(NC(=O)C[C@H](N)C(=O)O)cc2)c2ccccc21.Cl.[Cl-]. The number of carbonyl (C=O) groups is 2. The smallest absolute Gasteiger partial charge is 0.321 e. The van der Waals surface area contributed by atoms with Crippen molar-refractivity contribution in [2.45, 2.75) is 12.5 Å². The zero-order chi connectivity index (χ0) is 20.1. The van der Waals surface area contributed by atoms with Crippen molar-refractivity contribution in [2.75, 3.05) is 5.32 Å². The highest BCUT2D eigenvalue weighted by molar-refractivity contribution is 5.94. The number of hydrogen-bond acceptors (Lipinski definition) is 3. The molecule has 0 aliphatic heterocycles. The number of carboxylic acids is 1. The second-order valence-electron chi connectivity index (χ2n) is 6.55. The molecule has 0 radical (unpaired) electrons. The van der Waals surface area contributed by atoms with Gasteiger partial charge in [-0.3, -0.25) is 9.59 Å². The number of benzene rings is 2. The van der Waals surface area contributed by atoms with Crippen LogP contribution in [0.25, 0.3) is 23.1 Å². The van der Waals surface area contributed by atoms with E-state index in [0.29, 0.717) is 5.69 Å². The zero-order valence-corrected chi connectivity index (χ0v) is 17.9. The molecule has 0 saturated heterocycles. The summed E-state index contributed by atoms with van der Waals surface area (Å²) in [5.74, 6) is -1.63. The topological polar surface area (TPSA) is 96.3 Å². The third kappa shape index (κ3) is 6.29. The van der Waals surface area contributed by atoms with Crippen LogP contribution in [-0.2, 0) is 16.6 Å². The number of amides is 1. The van der Waals surface area contributed by atoms with Crippen LogP contribution in [0.2, 0.25) is 0 Å². The first-order chi connectivity index (χ1) is 13.4. The second-order valence-corrected chi connectivity index (χ2v) is 6.55. The molecule has 4 N–H and O–H groups in total. The van der Waals surface area contributed by atoms with E-state index < -0.39 is 17.9 Å². The number of aryl methyl sites for hydroxylation is 1. The molecule has 0 aliphatic carbocycles. The minimum absolute atomic E-state index is 0. The molecule has 3 aromatic rings. The fraction of sp³-hybridized carbons (Fsp3) is 0.136. The minimum atomic E-state index is -1.20. The summed E-state index contributed by atoms with van der Waals surface area (Å²) in [6.07, 6.45) is 5.83. The Balaban J connectivity index is 0.00000225. The van der Waals surface area contributed by atoms with E-state index in [9.17, 15) is 9.59 Å². The number of aliphatic carboxylic acids is 1. The molecule has 158 valence electrons. The van der Waals surface area contributed by atoms with Crippen molar-refractivity contribution >= 4 is 53.0 Å². The molecule has 30 heavy (non-hydrogen) atoms. The van der Waals surface area contributed by atoms with Gasteiger partial charge in [0.15, 0.2) is 6.20 Å². The number of nitrogens with zero attached hydrogens (tertiary/aromatic N) is 1. The summed E-state index contributed by atoms with van der Waals surface area (Å²) >= 11 is 0. The van der Waals surface area contributed by atoms with E-state index in [-0.39, 0.29) is 31.2 Å². The maximum Gasteiger partial charge on any atom is 0.321 e. The number of anilines is 1. The fourth-order valence-corrected chi connectivity index (χ4v) is 2.90. The zero-order valence-electron chi connectivity index (χ0n) is 16.3. The molecule has 0 bridgehead atoms. The Labute approximate surface area is 187 Å². The lowest BCUT2D eigenvalue weighted by atomic mass is 10.1. The Morgan fingerprint density at radius 2 is 1.77 bits per heavy atom. The summed E-state index contributed by atoms with van der Waals surface area (Å²) in [7, 11) is 2.02. The molecule has 0 saturated carbocycles. The molecule has 3 rings (SSSR count). The second kappa shape index (κ2) is 11.3. The molecule has 1 amide bonds. The maximum atomic E-state index is 11.8. The van der Waals surface area contributed by atoms with E-state index in [4.69, 9.17) is 10.8 Å². The van der Waals surface area contributed by atoms with Crippen LogP contribution in [-0.4, -0.2) is 23.0 Å². The number of carboxylic acid groups (broad SMARTS) is 1. The molecule has 0 aliphatic rings. The van der Waals surface area contributed by atoms with Crippen LogP contribution < -0.4 is 28.0 Å². The standard InChI is InChI=1S/C22H21N3O3.2ClH/c1-25-13-12-16(18-4-2-3-5-20(18)25)9-6-15-7-10-17(11-8-15)24-21(26)14-19(23)22(27)28;;/h2-13,19H,14,23H2,1H3,(H,27,28);2*1H/t19-;;/m0../s1. The third-order valence-electron chi connectivity index (χ3n) is 4.45. The molecule has 6 nitrogen and oxygen atoms in total. The van der Waals surface area contributed by atoms with Crippen LogP contribution in [0.4, 0.5) is 5.69 Å². The quantitative estimate of drug-likeness (QED) is 0.463. The number of pyridine rings is 1. The van der Waals surface area contributed by atoms with Crippen molar-refractivity contribution in [1.29, 1.82) is 0 Å². The Morgan fingerprint density at radius 1 is 1.10 bits per heavy atom. The lowest BCUT2D eigenvalue weighted by Crippen LogP contribution is -3.00. The Bertz CT molecular complexity index is 1050. The van der Waals surface area contributed by atoms with Gasteiger partial charge < -0.3 is 28.6 Å². The van der Waals surface area contributed by atoms with Gasteiger partial charge in [0.25, 0.3) is 0 Å². The molecule has 0 fully saturated rings. The monoisotopic (exact) mass is 447 g/mol. The van der Waals surface area contributed by atoms with Crippen molar-refractivity contribution in [3.8, 4) is 0 Å². The summed E-state index contributed by atoms with van der Waals surface area (Å²) in [5.41, 5.74) is 9.22. The van der Waals surface area contributed by atoms with Crippen molar-refractivity contribution in [2.24, 2.45) is 12.8 Å². The van der Waals surface area contributed by atoms with Gasteiger partial charge in [-0.15, -0.1) is 12.4 Å². The Morgan fingerprint density at radius 3 is 2.43 bits per heavy atom. The van der Waals surface area contributed by atoms with E-state index in [1.807, 2.05) is 43.6 Å². The van der Waals surface area contributed by atoms with Crippen LogP contribution in [0.5, 0.6) is 0 Å². The number of halogens is 2. The molecular formula is C22H23Cl2N3O3. The number of fused-ring (bicyclic) bond motifs is 1. The molecule has 0 spiro atoms. The van der Waals surface area contributed by atoms with Crippen LogP contribution >= 0.6 is 12.4 Å². The van der Waals surface area contributed by atoms with Crippen molar-refractivity contribution in [1.82, 2.24) is 0 Å². The summed E-state index contributed by atoms with van der Waals surface area (Å²) in [4.78, 5) is 22.5. The molecular weight excluding hydrogens is 425 g/mol. The van der Waals surface area contributed by atoms with E-state index in [1.165, 1.54) is 5.39 Å². The van der Waals surface area contributed by atoms with Crippen molar-refractivity contribution in [3.63, 3.8) is 0 Å². The van der Waals surface area contributed by atoms with Gasteiger partial charge in [0.2, 0.25) is 11.4 Å². The predicted molar refractivity (Wildman–Crippen MR) is 117 cm³/mol. The van der Waals surface area contributed by atoms with E-state index in [0.717, 1.165) is 16.6 Å². The van der Waals surface area contributed by atoms with Crippen LogP contribution in [0, 0.1) is 0 Å². The van der Waals surface area contributed by atoms with Crippen LogP contribution in [0.3, 0.4) is 0 Å². The number of hydrogen-bond donors (Lipinski definition) is 3. The maximum absolute atomic E-state index is 11.8. The minimum Gasteiger partial charge on any atom is -1.00 e. The Kier molecular flexibility index (Phi) is 9.46.